The lowest BCUT2D eigenvalue weighted by Gasteiger charge is -2.35. The van der Waals surface area contributed by atoms with Crippen molar-refractivity contribution >= 4 is 11.9 Å². The minimum Gasteiger partial charge on any atom is -0.446 e. The van der Waals surface area contributed by atoms with Crippen LogP contribution in [0.4, 0.5) is 37.0 Å². The van der Waals surface area contributed by atoms with Crippen molar-refractivity contribution in [1.29, 1.82) is 0 Å². The van der Waals surface area contributed by atoms with E-state index >= 15 is 0 Å². The van der Waals surface area contributed by atoms with E-state index in [0.29, 0.717) is 18.9 Å². The Hall–Kier alpha value is -3.25. The van der Waals surface area contributed by atoms with E-state index in [9.17, 15) is 35.9 Å². The highest BCUT2D eigenvalue weighted by Crippen LogP contribution is 2.29. The molecule has 13 heteroatoms. The zero-order valence-electron chi connectivity index (χ0n) is 17.3. The number of carbonyl (C=O) groups is 1. The maximum Gasteiger partial charge on any atom is 0.421 e. The molecule has 0 bridgehead atoms. The lowest BCUT2D eigenvalue weighted by atomic mass is 10.1. The molecule has 33 heavy (non-hydrogen) atoms. The molecule has 1 aliphatic heterocycles. The maximum absolute atomic E-state index is 12.9. The molecule has 0 aromatic carbocycles. The summed E-state index contributed by atoms with van der Waals surface area (Å²) in [5.41, 5.74) is -3.28. The van der Waals surface area contributed by atoms with E-state index in [2.05, 4.69) is 4.98 Å². The normalized spacial score (nSPS) is 16.0. The first kappa shape index (κ1) is 24.4. The molecule has 1 amide bonds. The van der Waals surface area contributed by atoms with E-state index in [-0.39, 0.29) is 25.1 Å². The second-order valence-electron chi connectivity index (χ2n) is 7.52. The van der Waals surface area contributed by atoms with E-state index in [1.165, 1.54) is 17.9 Å². The second-order valence-corrected chi connectivity index (χ2v) is 7.52. The Bertz CT molecular complexity index is 1030. The van der Waals surface area contributed by atoms with Gasteiger partial charge in [-0.05, 0) is 30.7 Å². The molecule has 1 fully saturated rings. The molecule has 0 spiro atoms. The van der Waals surface area contributed by atoms with Gasteiger partial charge in [0.1, 0.15) is 17.5 Å². The number of nitrogens with one attached hydrogen (secondary N) is 1. The molecule has 1 atom stereocenters. The molecule has 2 aromatic rings. The highest BCUT2D eigenvalue weighted by atomic mass is 19.4. The number of anilines is 1. The molecular formula is C20H20F6N4O3. The number of nitrogens with zero attached hydrogens (tertiary/aromatic N) is 3. The van der Waals surface area contributed by atoms with Gasteiger partial charge in [0.25, 0.3) is 5.56 Å². The summed E-state index contributed by atoms with van der Waals surface area (Å²) in [5, 5.41) is 0. The Morgan fingerprint density at radius 2 is 1.79 bits per heavy atom. The third-order valence-corrected chi connectivity index (χ3v) is 5.03. The fourth-order valence-electron chi connectivity index (χ4n) is 3.34. The van der Waals surface area contributed by atoms with Crippen molar-refractivity contribution in [2.75, 3.05) is 31.1 Å². The van der Waals surface area contributed by atoms with Gasteiger partial charge < -0.3 is 19.5 Å². The van der Waals surface area contributed by atoms with Gasteiger partial charge in [-0.3, -0.25) is 4.79 Å². The first-order valence-corrected chi connectivity index (χ1v) is 9.87. The van der Waals surface area contributed by atoms with Crippen LogP contribution in [0.3, 0.4) is 0 Å². The lowest BCUT2D eigenvalue weighted by molar-refractivity contribution is -0.139. The summed E-state index contributed by atoms with van der Waals surface area (Å²) in [6.07, 6.45) is -8.86. The fraction of sp³-hybridized carbons (Fsp3) is 0.450. The molecule has 0 unspecified atom stereocenters. The quantitative estimate of drug-likeness (QED) is 0.679. The van der Waals surface area contributed by atoms with Gasteiger partial charge in [-0.15, -0.1) is 0 Å². The van der Waals surface area contributed by atoms with E-state index in [1.54, 1.807) is 4.90 Å². The van der Waals surface area contributed by atoms with Crippen molar-refractivity contribution in [2.45, 2.75) is 31.8 Å². The minimum absolute atomic E-state index is 0.0406. The summed E-state index contributed by atoms with van der Waals surface area (Å²) >= 11 is 0. The summed E-state index contributed by atoms with van der Waals surface area (Å²) in [6, 6.07) is 2.92. The van der Waals surface area contributed by atoms with Crippen LogP contribution in [-0.4, -0.2) is 53.2 Å². The highest BCUT2D eigenvalue weighted by Gasteiger charge is 2.34. The Morgan fingerprint density at radius 1 is 1.12 bits per heavy atom. The number of hydrogen-bond acceptors (Lipinski definition) is 5. The Labute approximate surface area is 184 Å². The van der Waals surface area contributed by atoms with Crippen LogP contribution in [0.5, 0.6) is 0 Å². The first-order valence-electron chi connectivity index (χ1n) is 9.87. The maximum atomic E-state index is 12.9. The molecule has 2 aromatic heterocycles. The van der Waals surface area contributed by atoms with Crippen molar-refractivity contribution in [3.63, 3.8) is 0 Å². The van der Waals surface area contributed by atoms with Gasteiger partial charge in [-0.2, -0.15) is 26.3 Å². The smallest absolute Gasteiger partial charge is 0.421 e. The number of pyridine rings is 2. The van der Waals surface area contributed by atoms with Crippen LogP contribution < -0.4 is 10.5 Å². The molecule has 1 saturated heterocycles. The van der Waals surface area contributed by atoms with Crippen LogP contribution in [0.1, 0.15) is 23.6 Å². The third kappa shape index (κ3) is 6.17. The molecule has 0 radical (unpaired) electrons. The van der Waals surface area contributed by atoms with Crippen LogP contribution in [0.15, 0.2) is 35.4 Å². The van der Waals surface area contributed by atoms with Gasteiger partial charge in [0.15, 0.2) is 0 Å². The number of carbonyl (C=O) groups excluding carboxylic acids is 1. The van der Waals surface area contributed by atoms with Crippen LogP contribution >= 0.6 is 0 Å². The number of hydrogen-bond donors (Lipinski definition) is 1. The lowest BCUT2D eigenvalue weighted by Crippen LogP contribution is -2.49. The number of piperazine rings is 1. The zero-order chi connectivity index (χ0) is 24.4. The number of aromatic nitrogens is 2. The Kier molecular flexibility index (Phi) is 6.89. The van der Waals surface area contributed by atoms with E-state index in [4.69, 9.17) is 4.74 Å². The molecule has 1 aliphatic rings. The van der Waals surface area contributed by atoms with E-state index in [0.717, 1.165) is 24.5 Å². The summed E-state index contributed by atoms with van der Waals surface area (Å²) in [5.74, 6) is 0.350. The fourth-order valence-corrected chi connectivity index (χ4v) is 3.34. The van der Waals surface area contributed by atoms with Crippen LogP contribution in [0, 0.1) is 0 Å². The largest absolute Gasteiger partial charge is 0.446 e. The summed E-state index contributed by atoms with van der Waals surface area (Å²) in [4.78, 5) is 32.7. The predicted octanol–water partition coefficient (Wildman–Crippen LogP) is 3.70. The molecule has 7 nitrogen and oxygen atoms in total. The summed E-state index contributed by atoms with van der Waals surface area (Å²) in [7, 11) is 0. The van der Waals surface area contributed by atoms with Gasteiger partial charge in [-0.1, -0.05) is 0 Å². The summed E-state index contributed by atoms with van der Waals surface area (Å²) in [6.45, 7) is 2.60. The number of H-pyrrole nitrogens is 1. The zero-order valence-corrected chi connectivity index (χ0v) is 17.3. The average molecular weight is 478 g/mol. The monoisotopic (exact) mass is 478 g/mol. The van der Waals surface area contributed by atoms with Crippen LogP contribution in [-0.2, 0) is 23.5 Å². The molecule has 1 N–H and O–H groups in total. The number of rotatable bonds is 4. The van der Waals surface area contributed by atoms with E-state index in [1.807, 2.05) is 4.98 Å². The SMILES string of the molecule is C[C@@H](Cc1c[nH]c(=O)c(C(F)(F)F)c1)OC(=O)N1CCN(c2ccc(C(F)(F)F)cn2)CC1. The number of amides is 1. The number of ether oxygens (including phenoxy) is 1. The van der Waals surface area contributed by atoms with Crippen LogP contribution in [0.25, 0.3) is 0 Å². The topological polar surface area (TPSA) is 78.5 Å². The highest BCUT2D eigenvalue weighted by molar-refractivity contribution is 5.68. The molecule has 0 saturated carbocycles. The van der Waals surface area contributed by atoms with Crippen LogP contribution in [0.2, 0.25) is 0 Å². The van der Waals surface area contributed by atoms with Gasteiger partial charge in [-0.25, -0.2) is 9.78 Å². The van der Waals surface area contributed by atoms with Gasteiger partial charge in [0.2, 0.25) is 0 Å². The number of halogens is 6. The van der Waals surface area contributed by atoms with Crippen molar-refractivity contribution < 1.29 is 35.9 Å². The Balaban J connectivity index is 1.52. The Morgan fingerprint density at radius 3 is 2.33 bits per heavy atom. The molecule has 3 heterocycles. The second kappa shape index (κ2) is 9.32. The molecule has 3 rings (SSSR count). The third-order valence-electron chi connectivity index (χ3n) is 5.03. The standard InChI is InChI=1S/C20H20F6N4O3/c1-12(8-13-9-15(20(24,25)26)17(31)28-10-13)33-18(32)30-6-4-29(5-7-30)16-3-2-14(11-27-16)19(21,22)23/h2-3,9-12H,4-8H2,1H3,(H,28,31)/t12-/m0/s1. The number of aromatic amines is 1. The van der Waals surface area contributed by atoms with Crippen molar-refractivity contribution in [3.05, 3.63) is 57.6 Å². The predicted molar refractivity (Wildman–Crippen MR) is 105 cm³/mol. The van der Waals surface area contributed by atoms with Crippen molar-refractivity contribution in [3.8, 4) is 0 Å². The molecule has 0 aliphatic carbocycles. The van der Waals surface area contributed by atoms with Gasteiger partial charge in [0.05, 0.1) is 5.56 Å². The average Bonchev–Trinajstić information content (AvgIpc) is 2.74. The first-order chi connectivity index (χ1) is 15.3. The van der Waals surface area contributed by atoms with E-state index < -0.39 is 41.2 Å². The summed E-state index contributed by atoms with van der Waals surface area (Å²) < 4.78 is 81.9. The minimum atomic E-state index is -4.80. The molecule has 180 valence electrons. The van der Waals surface area contributed by atoms with Crippen molar-refractivity contribution in [1.82, 2.24) is 14.9 Å². The van der Waals surface area contributed by atoms with Gasteiger partial charge >= 0.3 is 18.4 Å². The number of alkyl halides is 6. The van der Waals surface area contributed by atoms with Gasteiger partial charge in [0, 0.05) is 45.0 Å². The molecular weight excluding hydrogens is 458 g/mol. The van der Waals surface area contributed by atoms with Crippen molar-refractivity contribution in [2.24, 2.45) is 0 Å².